The zero-order valence-corrected chi connectivity index (χ0v) is 15.6. The first-order valence-electron chi connectivity index (χ1n) is 8.64. The van der Waals surface area contributed by atoms with E-state index >= 15 is 0 Å². The summed E-state index contributed by atoms with van der Waals surface area (Å²) in [4.78, 5) is 25.3. The molecular formula is C21H18FN3O3. The molecule has 0 bridgehead atoms. The van der Waals surface area contributed by atoms with Gasteiger partial charge in [0.05, 0.1) is 23.7 Å². The van der Waals surface area contributed by atoms with Crippen molar-refractivity contribution in [3.8, 4) is 22.7 Å². The van der Waals surface area contributed by atoms with Crippen LogP contribution in [0.4, 0.5) is 4.39 Å². The van der Waals surface area contributed by atoms with Gasteiger partial charge in [-0.05, 0) is 36.4 Å². The number of nitrogens with zero attached hydrogens (tertiary/aromatic N) is 3. The number of aryl methyl sites for hydroxylation is 1. The molecule has 142 valence electrons. The Morgan fingerprint density at radius 2 is 1.61 bits per heavy atom. The van der Waals surface area contributed by atoms with Crippen LogP contribution in [-0.4, -0.2) is 20.8 Å². The predicted molar refractivity (Wildman–Crippen MR) is 106 cm³/mol. The molecule has 0 aliphatic rings. The third-order valence-corrected chi connectivity index (χ3v) is 4.92. The Balaban J connectivity index is 2.18. The van der Waals surface area contributed by atoms with Gasteiger partial charge >= 0.3 is 5.69 Å². The summed E-state index contributed by atoms with van der Waals surface area (Å²) in [6, 6.07) is 13.4. The molecule has 0 aliphatic carbocycles. The number of halogens is 1. The van der Waals surface area contributed by atoms with Crippen molar-refractivity contribution in [3.05, 3.63) is 81.4 Å². The smallest absolute Gasteiger partial charge is 0.330 e. The van der Waals surface area contributed by atoms with Gasteiger partial charge in [0.15, 0.2) is 0 Å². The first-order chi connectivity index (χ1) is 13.4. The number of ether oxygens (including phenoxy) is 1. The van der Waals surface area contributed by atoms with Crippen LogP contribution in [0.1, 0.15) is 0 Å². The summed E-state index contributed by atoms with van der Waals surface area (Å²) in [6.07, 6.45) is 1.68. The zero-order valence-electron chi connectivity index (χ0n) is 15.6. The highest BCUT2D eigenvalue weighted by atomic mass is 19.1. The summed E-state index contributed by atoms with van der Waals surface area (Å²) in [5, 5.41) is 0.283. The van der Waals surface area contributed by atoms with Gasteiger partial charge in [-0.3, -0.25) is 13.9 Å². The first-order valence-corrected chi connectivity index (χ1v) is 8.64. The largest absolute Gasteiger partial charge is 0.497 e. The molecule has 28 heavy (non-hydrogen) atoms. The molecule has 0 atom stereocenters. The summed E-state index contributed by atoms with van der Waals surface area (Å²) >= 11 is 0. The van der Waals surface area contributed by atoms with Gasteiger partial charge in [0.25, 0.3) is 5.56 Å². The molecule has 0 N–H and O–H groups in total. The van der Waals surface area contributed by atoms with Crippen molar-refractivity contribution in [2.24, 2.45) is 14.1 Å². The van der Waals surface area contributed by atoms with Gasteiger partial charge in [0, 0.05) is 31.5 Å². The average molecular weight is 379 g/mol. The average Bonchev–Trinajstić information content (AvgIpc) is 3.11. The van der Waals surface area contributed by atoms with E-state index in [1.807, 2.05) is 12.1 Å². The maximum absolute atomic E-state index is 14.7. The molecule has 0 radical (unpaired) electrons. The number of methoxy groups -OCH3 is 1. The van der Waals surface area contributed by atoms with E-state index < -0.39 is 17.1 Å². The van der Waals surface area contributed by atoms with Crippen LogP contribution >= 0.6 is 0 Å². The standard InChI is InChI=1S/C21H18FN3O3/c1-23-17-12-25(13-8-10-14(28-3)11-9-13)19(15-6-4-5-7-16(15)22)18(17)20(26)24(2)21(23)27/h4-12H,1-3H3. The topological polar surface area (TPSA) is 58.2 Å². The highest BCUT2D eigenvalue weighted by Gasteiger charge is 2.22. The molecule has 0 saturated carbocycles. The molecule has 6 nitrogen and oxygen atoms in total. The summed E-state index contributed by atoms with van der Waals surface area (Å²) in [5.74, 6) is 0.226. The number of aromatic nitrogens is 3. The predicted octanol–water partition coefficient (Wildman–Crippen LogP) is 2.84. The second-order valence-electron chi connectivity index (χ2n) is 6.49. The third-order valence-electron chi connectivity index (χ3n) is 4.92. The lowest BCUT2D eigenvalue weighted by atomic mass is 10.1. The third kappa shape index (κ3) is 2.55. The van der Waals surface area contributed by atoms with Crippen LogP contribution in [0.3, 0.4) is 0 Å². The monoisotopic (exact) mass is 379 g/mol. The lowest BCUT2D eigenvalue weighted by Crippen LogP contribution is -2.36. The molecule has 4 aromatic rings. The second kappa shape index (κ2) is 6.53. The van der Waals surface area contributed by atoms with E-state index in [1.165, 1.54) is 17.7 Å². The molecule has 2 heterocycles. The summed E-state index contributed by atoms with van der Waals surface area (Å²) in [7, 11) is 4.58. The molecule has 0 spiro atoms. The minimum absolute atomic E-state index is 0.282. The molecule has 4 rings (SSSR count). The molecule has 0 unspecified atom stereocenters. The van der Waals surface area contributed by atoms with Crippen LogP contribution < -0.4 is 16.0 Å². The van der Waals surface area contributed by atoms with Crippen molar-refractivity contribution in [1.29, 1.82) is 0 Å². The van der Waals surface area contributed by atoms with Gasteiger partial charge in [0.1, 0.15) is 11.6 Å². The highest BCUT2D eigenvalue weighted by molar-refractivity contribution is 5.95. The fraction of sp³-hybridized carbons (Fsp3) is 0.143. The summed E-state index contributed by atoms with van der Waals surface area (Å²) in [6.45, 7) is 0. The molecule has 0 amide bonds. The lowest BCUT2D eigenvalue weighted by molar-refractivity contribution is 0.415. The van der Waals surface area contributed by atoms with Crippen LogP contribution in [0.2, 0.25) is 0 Å². The van der Waals surface area contributed by atoms with E-state index in [9.17, 15) is 14.0 Å². The Morgan fingerprint density at radius 3 is 2.25 bits per heavy atom. The molecule has 2 aromatic heterocycles. The molecular weight excluding hydrogens is 361 g/mol. The number of rotatable bonds is 3. The van der Waals surface area contributed by atoms with Crippen molar-refractivity contribution < 1.29 is 9.13 Å². The van der Waals surface area contributed by atoms with Crippen LogP contribution in [0.25, 0.3) is 27.8 Å². The number of fused-ring (bicyclic) bond motifs is 1. The van der Waals surface area contributed by atoms with Crippen molar-refractivity contribution in [2.45, 2.75) is 0 Å². The van der Waals surface area contributed by atoms with E-state index in [0.717, 1.165) is 4.57 Å². The molecule has 0 aliphatic heterocycles. The molecule has 0 saturated heterocycles. The lowest BCUT2D eigenvalue weighted by Gasteiger charge is -2.11. The Kier molecular flexibility index (Phi) is 4.15. The van der Waals surface area contributed by atoms with Crippen LogP contribution in [0.5, 0.6) is 5.75 Å². The zero-order chi connectivity index (χ0) is 20.0. The fourth-order valence-electron chi connectivity index (χ4n) is 3.41. The van der Waals surface area contributed by atoms with E-state index in [4.69, 9.17) is 4.74 Å². The van der Waals surface area contributed by atoms with Gasteiger partial charge in [-0.15, -0.1) is 0 Å². The summed E-state index contributed by atoms with van der Waals surface area (Å²) in [5.41, 5.74) is 0.915. The minimum atomic E-state index is -0.469. The van der Waals surface area contributed by atoms with Crippen molar-refractivity contribution in [1.82, 2.24) is 13.7 Å². The van der Waals surface area contributed by atoms with Gasteiger partial charge in [-0.1, -0.05) is 12.1 Å². The Labute approximate surface area is 159 Å². The normalized spacial score (nSPS) is 11.1. The molecule has 2 aromatic carbocycles. The quantitative estimate of drug-likeness (QED) is 0.550. The maximum Gasteiger partial charge on any atom is 0.330 e. The van der Waals surface area contributed by atoms with E-state index in [0.29, 0.717) is 22.6 Å². The first kappa shape index (κ1) is 17.8. The van der Waals surface area contributed by atoms with Crippen molar-refractivity contribution in [3.63, 3.8) is 0 Å². The van der Waals surface area contributed by atoms with Gasteiger partial charge in [-0.2, -0.15) is 0 Å². The fourth-order valence-corrected chi connectivity index (χ4v) is 3.41. The van der Waals surface area contributed by atoms with Crippen LogP contribution in [0.15, 0.2) is 64.3 Å². The van der Waals surface area contributed by atoms with Crippen LogP contribution in [0, 0.1) is 5.82 Å². The number of benzene rings is 2. The maximum atomic E-state index is 14.7. The second-order valence-corrected chi connectivity index (χ2v) is 6.49. The molecule has 0 fully saturated rings. The van der Waals surface area contributed by atoms with Gasteiger partial charge in [-0.25, -0.2) is 9.18 Å². The summed E-state index contributed by atoms with van der Waals surface area (Å²) < 4.78 is 24.0. The Hall–Kier alpha value is -3.61. The van der Waals surface area contributed by atoms with Crippen molar-refractivity contribution in [2.75, 3.05) is 7.11 Å². The minimum Gasteiger partial charge on any atom is -0.497 e. The Morgan fingerprint density at radius 1 is 0.929 bits per heavy atom. The highest BCUT2D eigenvalue weighted by Crippen LogP contribution is 2.32. The SMILES string of the molecule is COc1ccc(-n2cc3c(c2-c2ccccc2F)c(=O)n(C)c(=O)n3C)cc1. The molecule has 7 heteroatoms. The Bertz CT molecular complexity index is 1310. The number of hydrogen-bond donors (Lipinski definition) is 0. The van der Waals surface area contributed by atoms with Crippen LogP contribution in [-0.2, 0) is 14.1 Å². The van der Waals surface area contributed by atoms with E-state index in [2.05, 4.69) is 0 Å². The van der Waals surface area contributed by atoms with Crippen molar-refractivity contribution >= 4 is 10.9 Å². The van der Waals surface area contributed by atoms with E-state index in [1.54, 1.807) is 55.3 Å². The van der Waals surface area contributed by atoms with E-state index in [-0.39, 0.29) is 10.9 Å². The van der Waals surface area contributed by atoms with Gasteiger partial charge < -0.3 is 9.30 Å². The number of hydrogen-bond acceptors (Lipinski definition) is 3. The van der Waals surface area contributed by atoms with Gasteiger partial charge in [0.2, 0.25) is 0 Å².